The third-order valence-electron chi connectivity index (χ3n) is 3.45. The Labute approximate surface area is 147 Å². The van der Waals surface area contributed by atoms with Crippen LogP contribution in [0.4, 0.5) is 5.95 Å². The van der Waals surface area contributed by atoms with Gasteiger partial charge in [-0.3, -0.25) is 14.5 Å². The van der Waals surface area contributed by atoms with Gasteiger partial charge in [-0.2, -0.15) is 5.10 Å². The number of hydrogen-bond acceptors (Lipinski definition) is 5. The number of rotatable bonds is 6. The van der Waals surface area contributed by atoms with Crippen molar-refractivity contribution in [1.29, 1.82) is 0 Å². The van der Waals surface area contributed by atoms with Crippen LogP contribution in [0.1, 0.15) is 5.56 Å². The minimum absolute atomic E-state index is 0.259. The first-order valence-corrected chi connectivity index (χ1v) is 7.96. The van der Waals surface area contributed by atoms with E-state index >= 15 is 0 Å². The maximum absolute atomic E-state index is 12.3. The molecule has 0 bridgehead atoms. The molecule has 0 fully saturated rings. The Kier molecular flexibility index (Phi) is 5.03. The topological polar surface area (TPSA) is 84.8 Å². The number of aromatic amines is 1. The lowest BCUT2D eigenvalue weighted by atomic mass is 10.2. The van der Waals surface area contributed by atoms with Crippen LogP contribution in [0.15, 0.2) is 29.2 Å². The zero-order valence-electron chi connectivity index (χ0n) is 12.8. The normalized spacial score (nSPS) is 11.1. The Balaban J connectivity index is 1.80. The summed E-state index contributed by atoms with van der Waals surface area (Å²) in [5.74, 6) is 0.366. The molecule has 0 saturated heterocycles. The Morgan fingerprint density at radius 2 is 2.17 bits per heavy atom. The maximum Gasteiger partial charge on any atom is 0.278 e. The second kappa shape index (κ2) is 7.21. The highest BCUT2D eigenvalue weighted by Crippen LogP contribution is 2.22. The van der Waals surface area contributed by atoms with Crippen molar-refractivity contribution >= 4 is 40.2 Å². The molecule has 9 heteroatoms. The molecule has 7 nitrogen and oxygen atoms in total. The number of anilines is 1. The van der Waals surface area contributed by atoms with E-state index < -0.39 is 0 Å². The van der Waals surface area contributed by atoms with Gasteiger partial charge in [-0.1, -0.05) is 29.3 Å². The molecule has 0 saturated carbocycles. The Bertz CT molecular complexity index is 922. The highest BCUT2D eigenvalue weighted by molar-refractivity contribution is 6.42. The molecule has 1 aromatic carbocycles. The lowest BCUT2D eigenvalue weighted by molar-refractivity contribution is 0.185. The monoisotopic (exact) mass is 367 g/mol. The Morgan fingerprint density at radius 3 is 2.92 bits per heavy atom. The SMILES string of the molecule is COCCn1ncc2nc(NCc3ccc(Cl)c(Cl)c3)[nH]c(=O)c21. The molecule has 3 aromatic rings. The van der Waals surface area contributed by atoms with Gasteiger partial charge < -0.3 is 10.1 Å². The van der Waals surface area contributed by atoms with Crippen LogP contribution in [0, 0.1) is 0 Å². The standard InChI is InChI=1S/C15H15Cl2N5O2/c1-24-5-4-22-13-12(8-19-22)20-15(21-14(13)23)18-7-9-2-3-10(16)11(17)6-9/h2-3,6,8H,4-5,7H2,1H3,(H2,18,20,21,23). The first kappa shape index (κ1) is 16.8. The number of methoxy groups -OCH3 is 1. The van der Waals surface area contributed by atoms with Gasteiger partial charge in [-0.05, 0) is 17.7 Å². The lowest BCUT2D eigenvalue weighted by Crippen LogP contribution is -2.17. The summed E-state index contributed by atoms with van der Waals surface area (Å²) in [5, 5.41) is 8.21. The fourth-order valence-corrected chi connectivity index (χ4v) is 2.59. The highest BCUT2D eigenvalue weighted by atomic mass is 35.5. The van der Waals surface area contributed by atoms with Gasteiger partial charge in [0.15, 0.2) is 5.52 Å². The van der Waals surface area contributed by atoms with E-state index in [2.05, 4.69) is 20.4 Å². The van der Waals surface area contributed by atoms with Crippen molar-refractivity contribution in [2.75, 3.05) is 19.0 Å². The fourth-order valence-electron chi connectivity index (χ4n) is 2.27. The zero-order valence-corrected chi connectivity index (χ0v) is 14.4. The summed E-state index contributed by atoms with van der Waals surface area (Å²) >= 11 is 11.9. The van der Waals surface area contributed by atoms with E-state index in [9.17, 15) is 4.79 Å². The largest absolute Gasteiger partial charge is 0.383 e. The molecule has 0 aliphatic carbocycles. The number of nitrogens with one attached hydrogen (secondary N) is 2. The number of nitrogens with zero attached hydrogens (tertiary/aromatic N) is 3. The average Bonchev–Trinajstić information content (AvgIpc) is 2.97. The minimum Gasteiger partial charge on any atom is -0.383 e. The van der Waals surface area contributed by atoms with Gasteiger partial charge in [-0.15, -0.1) is 0 Å². The molecule has 0 atom stereocenters. The molecule has 0 radical (unpaired) electrons. The summed E-state index contributed by atoms with van der Waals surface area (Å²) in [6, 6.07) is 5.33. The highest BCUT2D eigenvalue weighted by Gasteiger charge is 2.10. The van der Waals surface area contributed by atoms with E-state index in [-0.39, 0.29) is 5.56 Å². The van der Waals surface area contributed by atoms with E-state index in [1.165, 1.54) is 0 Å². The molecule has 24 heavy (non-hydrogen) atoms. The molecule has 0 spiro atoms. The molecular formula is C15H15Cl2N5O2. The van der Waals surface area contributed by atoms with Crippen LogP contribution in [0.25, 0.3) is 11.0 Å². The third kappa shape index (κ3) is 3.53. The van der Waals surface area contributed by atoms with Gasteiger partial charge in [0, 0.05) is 13.7 Å². The smallest absolute Gasteiger partial charge is 0.278 e. The molecule has 0 amide bonds. The maximum atomic E-state index is 12.3. The van der Waals surface area contributed by atoms with E-state index in [1.807, 2.05) is 6.07 Å². The summed E-state index contributed by atoms with van der Waals surface area (Å²) in [6.45, 7) is 1.40. The van der Waals surface area contributed by atoms with Crippen molar-refractivity contribution in [1.82, 2.24) is 19.7 Å². The fraction of sp³-hybridized carbons (Fsp3) is 0.267. The van der Waals surface area contributed by atoms with Gasteiger partial charge in [0.05, 0.1) is 29.4 Å². The van der Waals surface area contributed by atoms with Crippen LogP contribution in [0.3, 0.4) is 0 Å². The van der Waals surface area contributed by atoms with Crippen LogP contribution in [-0.4, -0.2) is 33.5 Å². The van der Waals surface area contributed by atoms with E-state index in [1.54, 1.807) is 30.1 Å². The molecule has 126 valence electrons. The van der Waals surface area contributed by atoms with Crippen LogP contribution in [-0.2, 0) is 17.8 Å². The molecule has 2 heterocycles. The average molecular weight is 368 g/mol. The summed E-state index contributed by atoms with van der Waals surface area (Å²) in [7, 11) is 1.60. The van der Waals surface area contributed by atoms with E-state index in [4.69, 9.17) is 27.9 Å². The van der Waals surface area contributed by atoms with Crippen molar-refractivity contribution < 1.29 is 4.74 Å². The van der Waals surface area contributed by atoms with Gasteiger partial charge in [-0.25, -0.2) is 4.98 Å². The molecule has 2 N–H and O–H groups in total. The van der Waals surface area contributed by atoms with Crippen molar-refractivity contribution in [2.45, 2.75) is 13.1 Å². The van der Waals surface area contributed by atoms with Gasteiger partial charge in [0.2, 0.25) is 5.95 Å². The molecule has 2 aromatic heterocycles. The van der Waals surface area contributed by atoms with Crippen LogP contribution in [0.2, 0.25) is 10.0 Å². The zero-order chi connectivity index (χ0) is 17.1. The van der Waals surface area contributed by atoms with Gasteiger partial charge in [0.25, 0.3) is 5.56 Å². The van der Waals surface area contributed by atoms with Gasteiger partial charge in [0.1, 0.15) is 5.52 Å². The summed E-state index contributed by atoms with van der Waals surface area (Å²) < 4.78 is 6.58. The number of halogens is 2. The van der Waals surface area contributed by atoms with Crippen LogP contribution >= 0.6 is 23.2 Å². The van der Waals surface area contributed by atoms with Crippen LogP contribution in [0.5, 0.6) is 0 Å². The van der Waals surface area contributed by atoms with Crippen molar-refractivity contribution in [3.8, 4) is 0 Å². The van der Waals surface area contributed by atoms with E-state index in [0.29, 0.717) is 46.7 Å². The summed E-state index contributed by atoms with van der Waals surface area (Å²) in [6.07, 6.45) is 1.56. The van der Waals surface area contributed by atoms with E-state index in [0.717, 1.165) is 5.56 Å². The Hall–Kier alpha value is -2.09. The van der Waals surface area contributed by atoms with Crippen molar-refractivity contribution in [2.24, 2.45) is 0 Å². The number of aromatic nitrogens is 4. The summed E-state index contributed by atoms with van der Waals surface area (Å²) in [4.78, 5) is 19.4. The molecule has 0 aliphatic rings. The minimum atomic E-state index is -0.259. The Morgan fingerprint density at radius 1 is 1.33 bits per heavy atom. The molecular weight excluding hydrogens is 353 g/mol. The first-order valence-electron chi connectivity index (χ1n) is 7.21. The number of benzene rings is 1. The summed E-state index contributed by atoms with van der Waals surface area (Å²) in [5.41, 5.74) is 1.60. The molecule has 0 unspecified atom stereocenters. The predicted molar refractivity (Wildman–Crippen MR) is 93.8 cm³/mol. The lowest BCUT2D eigenvalue weighted by Gasteiger charge is -2.07. The second-order valence-corrected chi connectivity index (χ2v) is 5.93. The third-order valence-corrected chi connectivity index (χ3v) is 4.19. The molecule has 0 aliphatic heterocycles. The number of ether oxygens (including phenoxy) is 1. The number of hydrogen-bond donors (Lipinski definition) is 2. The van der Waals surface area contributed by atoms with Crippen LogP contribution < -0.4 is 10.9 Å². The number of H-pyrrole nitrogens is 1. The quantitative estimate of drug-likeness (QED) is 0.699. The van der Waals surface area contributed by atoms with Crippen molar-refractivity contribution in [3.05, 3.63) is 50.4 Å². The second-order valence-electron chi connectivity index (χ2n) is 5.11. The molecule has 3 rings (SSSR count). The van der Waals surface area contributed by atoms with Gasteiger partial charge >= 0.3 is 0 Å². The predicted octanol–water partition coefficient (Wildman–Crippen LogP) is 2.68. The van der Waals surface area contributed by atoms with Crippen molar-refractivity contribution in [3.63, 3.8) is 0 Å². The number of fused-ring (bicyclic) bond motifs is 1. The first-order chi connectivity index (χ1) is 11.6.